The Morgan fingerprint density at radius 1 is 0.951 bits per heavy atom. The third-order valence-electron chi connectivity index (χ3n) is 7.60. The van der Waals surface area contributed by atoms with Crippen molar-refractivity contribution in [1.82, 2.24) is 16.0 Å². The second-order valence-electron chi connectivity index (χ2n) is 11.4. The molecule has 0 saturated carbocycles. The molecule has 1 aliphatic heterocycles. The van der Waals surface area contributed by atoms with Gasteiger partial charge in [-0.25, -0.2) is 0 Å². The molecule has 2 aromatic rings. The lowest BCUT2D eigenvalue weighted by Crippen LogP contribution is -2.61. The zero-order valence-corrected chi connectivity index (χ0v) is 24.6. The van der Waals surface area contributed by atoms with E-state index in [-0.39, 0.29) is 24.3 Å². The molecule has 9 nitrogen and oxygen atoms in total. The van der Waals surface area contributed by atoms with Crippen molar-refractivity contribution in [3.05, 3.63) is 65.7 Å². The molecule has 1 saturated heterocycles. The van der Waals surface area contributed by atoms with Crippen LogP contribution < -0.4 is 20.7 Å². The van der Waals surface area contributed by atoms with E-state index in [9.17, 15) is 19.8 Å². The lowest BCUT2D eigenvalue weighted by molar-refractivity contribution is -0.132. The van der Waals surface area contributed by atoms with Crippen LogP contribution in [0.1, 0.15) is 57.6 Å². The van der Waals surface area contributed by atoms with Crippen LogP contribution in [0.5, 0.6) is 5.75 Å². The van der Waals surface area contributed by atoms with E-state index in [0.29, 0.717) is 38.4 Å². The van der Waals surface area contributed by atoms with E-state index >= 15 is 0 Å². The van der Waals surface area contributed by atoms with Gasteiger partial charge in [0.1, 0.15) is 18.4 Å². The number of benzene rings is 2. The standard InChI is InChI=1S/C32H47N3O6/c1-4-32(21-36,22-37)35-31(39)29(34-30(38)28(18-23(2)3)33-26-14-16-40-17-15-26)19-24-10-12-27(13-11-24)41-20-25-8-6-5-7-9-25/h5-13,23,26,28-29,33,36-37H,4,14-22H2,1-3H3,(H,34,38)(H,35,39)/t28-,29+/m0/s1. The molecule has 5 N–H and O–H groups in total. The van der Waals surface area contributed by atoms with Crippen molar-refractivity contribution >= 4 is 11.8 Å². The van der Waals surface area contributed by atoms with Crippen LogP contribution in [0.25, 0.3) is 0 Å². The van der Waals surface area contributed by atoms with Crippen molar-refractivity contribution < 1.29 is 29.3 Å². The summed E-state index contributed by atoms with van der Waals surface area (Å²) in [5.74, 6) is 0.265. The molecule has 0 spiro atoms. The minimum absolute atomic E-state index is 0.172. The van der Waals surface area contributed by atoms with Gasteiger partial charge in [0.15, 0.2) is 0 Å². The van der Waals surface area contributed by atoms with Crippen LogP contribution in [-0.2, 0) is 27.4 Å². The first kappa shape index (κ1) is 32.5. The predicted octanol–water partition coefficient (Wildman–Crippen LogP) is 2.73. The summed E-state index contributed by atoms with van der Waals surface area (Å²) in [4.78, 5) is 27.1. The van der Waals surface area contributed by atoms with Gasteiger partial charge >= 0.3 is 0 Å². The van der Waals surface area contributed by atoms with E-state index in [2.05, 4.69) is 29.8 Å². The number of hydrogen-bond donors (Lipinski definition) is 5. The first-order chi connectivity index (χ1) is 19.8. The van der Waals surface area contributed by atoms with Crippen molar-refractivity contribution in [2.75, 3.05) is 26.4 Å². The number of nitrogens with one attached hydrogen (secondary N) is 3. The fourth-order valence-electron chi connectivity index (χ4n) is 4.84. The van der Waals surface area contributed by atoms with Crippen LogP contribution >= 0.6 is 0 Å². The van der Waals surface area contributed by atoms with Gasteiger partial charge in [-0.15, -0.1) is 0 Å². The minimum atomic E-state index is -1.17. The van der Waals surface area contributed by atoms with Gasteiger partial charge in [-0.2, -0.15) is 0 Å². The summed E-state index contributed by atoms with van der Waals surface area (Å²) in [6, 6.07) is 16.1. The number of amides is 2. The molecule has 0 aromatic heterocycles. The Labute approximate surface area is 244 Å². The summed E-state index contributed by atoms with van der Waals surface area (Å²) in [7, 11) is 0. The molecule has 1 heterocycles. The highest BCUT2D eigenvalue weighted by atomic mass is 16.5. The zero-order valence-electron chi connectivity index (χ0n) is 24.6. The molecule has 1 aliphatic rings. The van der Waals surface area contributed by atoms with Crippen LogP contribution in [0.15, 0.2) is 54.6 Å². The topological polar surface area (TPSA) is 129 Å². The summed E-state index contributed by atoms with van der Waals surface area (Å²) in [5.41, 5.74) is 0.728. The Morgan fingerprint density at radius 2 is 1.61 bits per heavy atom. The maximum Gasteiger partial charge on any atom is 0.243 e. The van der Waals surface area contributed by atoms with E-state index in [1.54, 1.807) is 6.92 Å². The second-order valence-corrected chi connectivity index (χ2v) is 11.4. The number of ether oxygens (including phenoxy) is 2. The van der Waals surface area contributed by atoms with Gasteiger partial charge in [0.2, 0.25) is 11.8 Å². The van der Waals surface area contributed by atoms with Crippen molar-refractivity contribution in [1.29, 1.82) is 0 Å². The van der Waals surface area contributed by atoms with Gasteiger partial charge < -0.3 is 35.6 Å². The first-order valence-electron chi connectivity index (χ1n) is 14.7. The van der Waals surface area contributed by atoms with E-state index < -0.39 is 36.7 Å². The second kappa shape index (κ2) is 16.5. The summed E-state index contributed by atoms with van der Waals surface area (Å²) in [6.45, 7) is 6.84. The molecule has 3 rings (SSSR count). The van der Waals surface area contributed by atoms with Crippen LogP contribution in [0.2, 0.25) is 0 Å². The molecule has 2 aromatic carbocycles. The van der Waals surface area contributed by atoms with E-state index in [1.807, 2.05) is 54.6 Å². The molecule has 2 amide bonds. The Kier molecular flexibility index (Phi) is 13.1. The molecular weight excluding hydrogens is 522 g/mol. The van der Waals surface area contributed by atoms with Crippen LogP contribution in [0, 0.1) is 5.92 Å². The molecule has 0 bridgehead atoms. The third-order valence-corrected chi connectivity index (χ3v) is 7.60. The highest BCUT2D eigenvalue weighted by Gasteiger charge is 2.34. The molecule has 1 fully saturated rings. The van der Waals surface area contributed by atoms with Gasteiger partial charge in [0, 0.05) is 25.7 Å². The lowest BCUT2D eigenvalue weighted by Gasteiger charge is -2.33. The predicted molar refractivity (Wildman–Crippen MR) is 158 cm³/mol. The third kappa shape index (κ3) is 10.4. The average Bonchev–Trinajstić information content (AvgIpc) is 2.99. The monoisotopic (exact) mass is 569 g/mol. The number of carbonyl (C=O) groups excluding carboxylic acids is 2. The van der Waals surface area contributed by atoms with Gasteiger partial charge in [0.25, 0.3) is 0 Å². The van der Waals surface area contributed by atoms with Crippen molar-refractivity contribution in [3.63, 3.8) is 0 Å². The molecule has 0 aliphatic carbocycles. The molecule has 226 valence electrons. The molecule has 41 heavy (non-hydrogen) atoms. The average molecular weight is 570 g/mol. The van der Waals surface area contributed by atoms with E-state index in [0.717, 1.165) is 24.0 Å². The quantitative estimate of drug-likeness (QED) is 0.210. The summed E-state index contributed by atoms with van der Waals surface area (Å²) >= 11 is 0. The number of hydrogen-bond acceptors (Lipinski definition) is 7. The Balaban J connectivity index is 1.74. The fraction of sp³-hybridized carbons (Fsp3) is 0.562. The van der Waals surface area contributed by atoms with Crippen LogP contribution in [0.4, 0.5) is 0 Å². The van der Waals surface area contributed by atoms with Crippen molar-refractivity contribution in [2.24, 2.45) is 5.92 Å². The Hall–Kier alpha value is -2.98. The highest BCUT2D eigenvalue weighted by molar-refractivity contribution is 5.90. The number of aliphatic hydroxyl groups excluding tert-OH is 2. The number of aliphatic hydroxyl groups is 2. The van der Waals surface area contributed by atoms with Gasteiger partial charge in [-0.3, -0.25) is 9.59 Å². The molecule has 0 unspecified atom stereocenters. The number of carbonyl (C=O) groups is 2. The van der Waals surface area contributed by atoms with Crippen LogP contribution in [0.3, 0.4) is 0 Å². The van der Waals surface area contributed by atoms with Gasteiger partial charge in [-0.05, 0) is 54.9 Å². The largest absolute Gasteiger partial charge is 0.489 e. The molecule has 2 atom stereocenters. The Bertz CT molecular complexity index is 1040. The van der Waals surface area contributed by atoms with E-state index in [4.69, 9.17) is 9.47 Å². The summed E-state index contributed by atoms with van der Waals surface area (Å²) in [6.07, 6.45) is 2.85. The van der Waals surface area contributed by atoms with Crippen molar-refractivity contribution in [2.45, 2.75) is 83.1 Å². The zero-order chi connectivity index (χ0) is 29.7. The lowest BCUT2D eigenvalue weighted by atomic mass is 9.96. The maximum atomic E-state index is 13.6. The number of rotatable bonds is 16. The molecule has 0 radical (unpaired) electrons. The summed E-state index contributed by atoms with van der Waals surface area (Å²) in [5, 5.41) is 29.1. The Morgan fingerprint density at radius 3 is 2.20 bits per heavy atom. The van der Waals surface area contributed by atoms with Gasteiger partial charge in [0.05, 0.1) is 24.8 Å². The normalized spacial score (nSPS) is 15.8. The van der Waals surface area contributed by atoms with Crippen LogP contribution in [-0.4, -0.2) is 72.1 Å². The van der Waals surface area contributed by atoms with E-state index in [1.165, 1.54) is 0 Å². The smallest absolute Gasteiger partial charge is 0.243 e. The minimum Gasteiger partial charge on any atom is -0.489 e. The van der Waals surface area contributed by atoms with Crippen molar-refractivity contribution in [3.8, 4) is 5.75 Å². The maximum absolute atomic E-state index is 13.6. The first-order valence-corrected chi connectivity index (χ1v) is 14.7. The van der Waals surface area contributed by atoms with Gasteiger partial charge in [-0.1, -0.05) is 63.2 Å². The summed E-state index contributed by atoms with van der Waals surface area (Å²) < 4.78 is 11.4. The SMILES string of the molecule is CCC(CO)(CO)NC(=O)[C@@H](Cc1ccc(OCc2ccccc2)cc1)NC(=O)[C@H](CC(C)C)NC1CCOCC1. The fourth-order valence-corrected chi connectivity index (χ4v) is 4.84. The molecule has 9 heteroatoms. The highest BCUT2D eigenvalue weighted by Crippen LogP contribution is 2.17. The molecular formula is C32H47N3O6.